The van der Waals surface area contributed by atoms with Crippen LogP contribution >= 0.6 is 15.9 Å². The number of pyridine rings is 1. The third-order valence-corrected chi connectivity index (χ3v) is 3.16. The van der Waals surface area contributed by atoms with Crippen LogP contribution in [0.25, 0.3) is 0 Å². The maximum absolute atomic E-state index is 8.64. The Morgan fingerprint density at radius 1 is 1.33 bits per heavy atom. The zero-order valence-corrected chi connectivity index (χ0v) is 12.8. The second kappa shape index (κ2) is 7.53. The van der Waals surface area contributed by atoms with E-state index in [1.165, 1.54) is 0 Å². The third-order valence-electron chi connectivity index (χ3n) is 2.75. The van der Waals surface area contributed by atoms with Gasteiger partial charge in [-0.3, -0.25) is 4.98 Å². The Kier molecular flexibility index (Phi) is 5.44. The quantitative estimate of drug-likeness (QED) is 0.356. The van der Waals surface area contributed by atoms with Gasteiger partial charge in [-0.1, -0.05) is 11.2 Å². The Hall–Kier alpha value is -2.22. The van der Waals surface area contributed by atoms with Gasteiger partial charge in [0.25, 0.3) is 0 Å². The van der Waals surface area contributed by atoms with E-state index >= 15 is 0 Å². The highest BCUT2D eigenvalue weighted by Gasteiger charge is 2.11. The average molecular weight is 351 g/mol. The smallest absolute Gasteiger partial charge is 0.225 e. The number of rotatable bonds is 6. The molecule has 0 aromatic carbocycles. The van der Waals surface area contributed by atoms with Crippen molar-refractivity contribution in [1.29, 1.82) is 0 Å². The van der Waals surface area contributed by atoms with Gasteiger partial charge in [0.05, 0.1) is 4.47 Å². The maximum atomic E-state index is 8.64. The lowest BCUT2D eigenvalue weighted by Gasteiger charge is -2.22. The SMILES string of the molecule is NC(CCN(Cc1cccnc1)c1ncc(Br)cn1)=NO. The molecule has 0 spiro atoms. The molecule has 3 N–H and O–H groups in total. The summed E-state index contributed by atoms with van der Waals surface area (Å²) in [6.07, 6.45) is 7.29. The van der Waals surface area contributed by atoms with Crippen molar-refractivity contribution in [1.82, 2.24) is 15.0 Å². The maximum Gasteiger partial charge on any atom is 0.225 e. The van der Waals surface area contributed by atoms with Gasteiger partial charge in [-0.05, 0) is 27.6 Å². The van der Waals surface area contributed by atoms with E-state index in [1.54, 1.807) is 24.8 Å². The predicted molar refractivity (Wildman–Crippen MR) is 83.0 cm³/mol. The number of anilines is 1. The minimum absolute atomic E-state index is 0.170. The van der Waals surface area contributed by atoms with Gasteiger partial charge in [0, 0.05) is 44.3 Å². The molecule has 21 heavy (non-hydrogen) atoms. The first-order valence-corrected chi connectivity index (χ1v) is 7.06. The molecule has 2 aromatic heterocycles. The number of nitrogens with two attached hydrogens (primary N) is 1. The van der Waals surface area contributed by atoms with E-state index in [9.17, 15) is 0 Å². The Morgan fingerprint density at radius 2 is 2.10 bits per heavy atom. The van der Waals surface area contributed by atoms with Gasteiger partial charge in [-0.25, -0.2) is 9.97 Å². The van der Waals surface area contributed by atoms with Crippen LogP contribution in [-0.4, -0.2) is 32.5 Å². The van der Waals surface area contributed by atoms with Crippen molar-refractivity contribution in [3.8, 4) is 0 Å². The van der Waals surface area contributed by atoms with Crippen LogP contribution in [0.5, 0.6) is 0 Å². The number of halogens is 1. The second-order valence-corrected chi connectivity index (χ2v) is 5.24. The highest BCUT2D eigenvalue weighted by atomic mass is 79.9. The first-order chi connectivity index (χ1) is 10.2. The van der Waals surface area contributed by atoms with Gasteiger partial charge in [-0.2, -0.15) is 0 Å². The molecular weight excluding hydrogens is 336 g/mol. The Morgan fingerprint density at radius 3 is 2.71 bits per heavy atom. The largest absolute Gasteiger partial charge is 0.409 e. The van der Waals surface area contributed by atoms with Crippen molar-refractivity contribution >= 4 is 27.7 Å². The van der Waals surface area contributed by atoms with E-state index in [0.717, 1.165) is 10.0 Å². The van der Waals surface area contributed by atoms with Crippen LogP contribution < -0.4 is 10.6 Å². The van der Waals surface area contributed by atoms with Crippen molar-refractivity contribution in [3.63, 3.8) is 0 Å². The highest BCUT2D eigenvalue weighted by molar-refractivity contribution is 9.10. The molecule has 2 aromatic rings. The van der Waals surface area contributed by atoms with Gasteiger partial charge < -0.3 is 15.8 Å². The summed E-state index contributed by atoms with van der Waals surface area (Å²) >= 11 is 3.31. The van der Waals surface area contributed by atoms with Crippen LogP contribution in [0.3, 0.4) is 0 Å². The van der Waals surface area contributed by atoms with E-state index in [4.69, 9.17) is 10.9 Å². The van der Waals surface area contributed by atoms with Crippen LogP contribution in [-0.2, 0) is 6.54 Å². The lowest BCUT2D eigenvalue weighted by Crippen LogP contribution is -2.29. The molecule has 2 heterocycles. The van der Waals surface area contributed by atoms with Crippen molar-refractivity contribution in [2.24, 2.45) is 10.9 Å². The van der Waals surface area contributed by atoms with Gasteiger partial charge in [0.15, 0.2) is 0 Å². The van der Waals surface area contributed by atoms with E-state index < -0.39 is 0 Å². The summed E-state index contributed by atoms with van der Waals surface area (Å²) < 4.78 is 0.809. The fraction of sp³-hybridized carbons (Fsp3) is 0.231. The van der Waals surface area contributed by atoms with Crippen LogP contribution in [0, 0.1) is 0 Å². The number of aromatic nitrogens is 3. The number of hydrogen-bond acceptors (Lipinski definition) is 6. The van der Waals surface area contributed by atoms with E-state index in [-0.39, 0.29) is 5.84 Å². The molecule has 0 unspecified atom stereocenters. The Labute approximate surface area is 130 Å². The minimum Gasteiger partial charge on any atom is -0.409 e. The molecular formula is C13H15BrN6O. The summed E-state index contributed by atoms with van der Waals surface area (Å²) in [5.74, 6) is 0.746. The molecule has 0 atom stereocenters. The summed E-state index contributed by atoms with van der Waals surface area (Å²) in [6.45, 7) is 1.13. The van der Waals surface area contributed by atoms with Crippen LogP contribution in [0.1, 0.15) is 12.0 Å². The zero-order valence-electron chi connectivity index (χ0n) is 11.2. The summed E-state index contributed by atoms with van der Waals surface area (Å²) in [7, 11) is 0. The van der Waals surface area contributed by atoms with E-state index in [2.05, 4.69) is 36.0 Å². The third kappa shape index (κ3) is 4.67. The highest BCUT2D eigenvalue weighted by Crippen LogP contribution is 2.14. The molecule has 2 rings (SSSR count). The fourth-order valence-electron chi connectivity index (χ4n) is 1.73. The molecule has 8 heteroatoms. The molecule has 0 aliphatic heterocycles. The molecule has 0 aliphatic carbocycles. The number of oxime groups is 1. The molecule has 0 saturated carbocycles. The normalized spacial score (nSPS) is 11.4. The second-order valence-electron chi connectivity index (χ2n) is 4.33. The zero-order chi connectivity index (χ0) is 15.1. The van der Waals surface area contributed by atoms with Crippen molar-refractivity contribution < 1.29 is 5.21 Å². The molecule has 0 radical (unpaired) electrons. The van der Waals surface area contributed by atoms with Crippen LogP contribution in [0.15, 0.2) is 46.5 Å². The van der Waals surface area contributed by atoms with E-state index in [1.807, 2.05) is 17.0 Å². The van der Waals surface area contributed by atoms with Gasteiger partial charge in [0.2, 0.25) is 5.95 Å². The minimum atomic E-state index is 0.170. The van der Waals surface area contributed by atoms with Crippen molar-refractivity contribution in [3.05, 3.63) is 47.0 Å². The lowest BCUT2D eigenvalue weighted by molar-refractivity contribution is 0.317. The summed E-state index contributed by atoms with van der Waals surface area (Å²) in [5.41, 5.74) is 6.56. The van der Waals surface area contributed by atoms with Crippen LogP contribution in [0.4, 0.5) is 5.95 Å². The molecule has 0 saturated heterocycles. The molecule has 0 fully saturated rings. The van der Waals surface area contributed by atoms with Gasteiger partial charge in [-0.15, -0.1) is 0 Å². The first-order valence-electron chi connectivity index (χ1n) is 6.27. The van der Waals surface area contributed by atoms with Gasteiger partial charge in [0.1, 0.15) is 5.84 Å². The molecule has 7 nitrogen and oxygen atoms in total. The summed E-state index contributed by atoms with van der Waals surface area (Å²) in [5, 5.41) is 11.6. The number of nitrogens with zero attached hydrogens (tertiary/aromatic N) is 5. The predicted octanol–water partition coefficient (Wildman–Crippen LogP) is 1.78. The van der Waals surface area contributed by atoms with Crippen molar-refractivity contribution in [2.45, 2.75) is 13.0 Å². The summed E-state index contributed by atoms with van der Waals surface area (Å²) in [6, 6.07) is 3.85. The average Bonchev–Trinajstić information content (AvgIpc) is 2.53. The number of amidine groups is 1. The number of hydrogen-bond donors (Lipinski definition) is 2. The first kappa shape index (κ1) is 15.2. The van der Waals surface area contributed by atoms with E-state index in [0.29, 0.717) is 25.5 Å². The standard InChI is InChI=1S/C13H15BrN6O/c14-11-7-17-13(18-8-11)20(5-3-12(15)19-21)9-10-2-1-4-16-6-10/h1-2,4,6-8,21H,3,5,9H2,(H2,15,19). The molecule has 0 bridgehead atoms. The van der Waals surface area contributed by atoms with Crippen molar-refractivity contribution in [2.75, 3.05) is 11.4 Å². The monoisotopic (exact) mass is 350 g/mol. The summed E-state index contributed by atoms with van der Waals surface area (Å²) in [4.78, 5) is 14.6. The molecule has 0 amide bonds. The topological polar surface area (TPSA) is 101 Å². The fourth-order valence-corrected chi connectivity index (χ4v) is 1.93. The van der Waals surface area contributed by atoms with Gasteiger partial charge >= 0.3 is 0 Å². The Balaban J connectivity index is 2.15. The molecule has 0 aliphatic rings. The Bertz CT molecular complexity index is 589. The lowest BCUT2D eigenvalue weighted by atomic mass is 10.2. The van der Waals surface area contributed by atoms with Crippen LogP contribution in [0.2, 0.25) is 0 Å². The molecule has 110 valence electrons.